The normalized spacial score (nSPS) is 12.7. The number of aryl methyl sites for hydroxylation is 1. The minimum absolute atomic E-state index is 0.302. The highest BCUT2D eigenvalue weighted by Crippen LogP contribution is 2.47. The summed E-state index contributed by atoms with van der Waals surface area (Å²) in [6, 6.07) is 76.4. The Balaban J connectivity index is 1.01. The molecule has 0 aliphatic carbocycles. The first-order valence-corrected chi connectivity index (χ1v) is 24.9. The molecule has 0 N–H and O–H groups in total. The average Bonchev–Trinajstić information content (AvgIpc) is 4.06. The van der Waals surface area contributed by atoms with Crippen LogP contribution < -0.4 is 14.5 Å². The molecular formula is C66H53N5O. The van der Waals surface area contributed by atoms with Crippen LogP contribution in [0.25, 0.3) is 77.4 Å². The third-order valence-corrected chi connectivity index (χ3v) is 15.1. The average molecular weight is 932 g/mol. The van der Waals surface area contributed by atoms with Crippen molar-refractivity contribution >= 4 is 60.7 Å². The van der Waals surface area contributed by atoms with Crippen molar-refractivity contribution in [3.63, 3.8) is 0 Å². The van der Waals surface area contributed by atoms with Crippen molar-refractivity contribution < 1.29 is 4.74 Å². The topological polar surface area (TPSA) is 38.5 Å². The summed E-state index contributed by atoms with van der Waals surface area (Å²) in [5.74, 6) is 2.40. The van der Waals surface area contributed by atoms with Crippen molar-refractivity contribution in [2.45, 2.75) is 33.1 Å². The van der Waals surface area contributed by atoms with Gasteiger partial charge in [0.25, 0.3) is 0 Å². The maximum Gasteiger partial charge on any atom is 0.142 e. The highest BCUT2D eigenvalue weighted by Gasteiger charge is 2.30. The van der Waals surface area contributed by atoms with Crippen LogP contribution in [0.15, 0.2) is 219 Å². The van der Waals surface area contributed by atoms with E-state index in [1.807, 2.05) is 0 Å². The first kappa shape index (κ1) is 43.2. The standard InChI is InChI=1S/C66H53N5O/c1-43-41-67-65(44(2)62(43)71-63-52(45-21-9-6-10-22-45)28-19-30-56(63)57-31-20-29-53(64(57)71)46-23-11-7-12-24-46)70-58-32-16-15-27-54(58)55-36-35-50(40-61(55)70)72-51-38-48(66(3,4)47-25-13-8-14-26-47)37-49(39-51)69-42-68(5)59-33-17-18-34-60(59)69/h6-41H,42H2,1-5H3. The molecule has 0 radical (unpaired) electrons. The molecule has 0 bridgehead atoms. The summed E-state index contributed by atoms with van der Waals surface area (Å²) >= 11 is 0. The van der Waals surface area contributed by atoms with Gasteiger partial charge in [-0.05, 0) is 84.1 Å². The number of rotatable bonds is 9. The van der Waals surface area contributed by atoms with Gasteiger partial charge in [-0.15, -0.1) is 0 Å². The minimum atomic E-state index is -0.302. The Morgan fingerprint density at radius 3 is 1.75 bits per heavy atom. The van der Waals surface area contributed by atoms with E-state index in [4.69, 9.17) is 9.72 Å². The van der Waals surface area contributed by atoms with E-state index in [9.17, 15) is 0 Å². The fourth-order valence-corrected chi connectivity index (χ4v) is 11.5. The maximum atomic E-state index is 7.12. The fourth-order valence-electron chi connectivity index (χ4n) is 11.5. The molecule has 0 amide bonds. The molecule has 1 aliphatic rings. The zero-order chi connectivity index (χ0) is 48.7. The predicted molar refractivity (Wildman–Crippen MR) is 300 cm³/mol. The summed E-state index contributed by atoms with van der Waals surface area (Å²) in [5.41, 5.74) is 18.0. The van der Waals surface area contributed by atoms with E-state index >= 15 is 0 Å². The van der Waals surface area contributed by atoms with Crippen molar-refractivity contribution in [2.24, 2.45) is 0 Å². The molecule has 6 heteroatoms. The van der Waals surface area contributed by atoms with Crippen molar-refractivity contribution in [1.29, 1.82) is 0 Å². The van der Waals surface area contributed by atoms with Gasteiger partial charge in [-0.25, -0.2) is 4.98 Å². The minimum Gasteiger partial charge on any atom is -0.457 e. The van der Waals surface area contributed by atoms with E-state index in [1.165, 1.54) is 66.6 Å². The largest absolute Gasteiger partial charge is 0.457 e. The van der Waals surface area contributed by atoms with Gasteiger partial charge >= 0.3 is 0 Å². The molecule has 0 fully saturated rings. The Bertz CT molecular complexity index is 3960. The van der Waals surface area contributed by atoms with Crippen LogP contribution in [0.4, 0.5) is 17.1 Å². The predicted octanol–water partition coefficient (Wildman–Crippen LogP) is 16.9. The monoisotopic (exact) mass is 931 g/mol. The maximum absolute atomic E-state index is 7.12. The molecule has 1 aliphatic heterocycles. The molecule has 12 aromatic rings. The molecule has 0 unspecified atom stereocenters. The number of benzene rings is 9. The smallest absolute Gasteiger partial charge is 0.142 e. The van der Waals surface area contributed by atoms with Crippen LogP contribution in [0.2, 0.25) is 0 Å². The quantitative estimate of drug-likeness (QED) is 0.145. The van der Waals surface area contributed by atoms with E-state index in [1.54, 1.807) is 0 Å². The molecule has 0 atom stereocenters. The molecule has 13 rings (SSSR count). The lowest BCUT2D eigenvalue weighted by atomic mass is 9.78. The fraction of sp³-hybridized carbons (Fsp3) is 0.106. The zero-order valence-electron chi connectivity index (χ0n) is 41.1. The Kier molecular flexibility index (Phi) is 10.1. The van der Waals surface area contributed by atoms with Crippen molar-refractivity contribution in [3.8, 4) is 45.3 Å². The van der Waals surface area contributed by atoms with Crippen LogP contribution in [-0.2, 0) is 5.41 Å². The number of fused-ring (bicyclic) bond motifs is 7. The zero-order valence-corrected chi connectivity index (χ0v) is 41.1. The second kappa shape index (κ2) is 16.9. The lowest BCUT2D eigenvalue weighted by Crippen LogP contribution is -2.25. The summed E-state index contributed by atoms with van der Waals surface area (Å²) < 4.78 is 12.0. The molecule has 348 valence electrons. The van der Waals surface area contributed by atoms with Gasteiger partial charge in [-0.1, -0.05) is 172 Å². The number of ether oxygens (including phenoxy) is 1. The van der Waals surface area contributed by atoms with Gasteiger partial charge in [0, 0.05) is 74.7 Å². The first-order valence-electron chi connectivity index (χ1n) is 24.9. The molecule has 3 aromatic heterocycles. The Hall–Kier alpha value is -8.87. The van der Waals surface area contributed by atoms with Crippen molar-refractivity contribution in [1.82, 2.24) is 14.1 Å². The van der Waals surface area contributed by atoms with Crippen LogP contribution in [-0.4, -0.2) is 27.8 Å². The molecule has 0 saturated heterocycles. The van der Waals surface area contributed by atoms with Crippen LogP contribution in [0.1, 0.15) is 36.1 Å². The Morgan fingerprint density at radius 1 is 0.486 bits per heavy atom. The highest BCUT2D eigenvalue weighted by molar-refractivity contribution is 6.17. The molecule has 72 heavy (non-hydrogen) atoms. The number of anilines is 3. The van der Waals surface area contributed by atoms with Crippen LogP contribution in [0, 0.1) is 13.8 Å². The number of hydrogen-bond acceptors (Lipinski definition) is 4. The van der Waals surface area contributed by atoms with Gasteiger partial charge in [-0.3, -0.25) is 4.57 Å². The van der Waals surface area contributed by atoms with E-state index in [0.717, 1.165) is 68.3 Å². The van der Waals surface area contributed by atoms with Crippen LogP contribution in [0.5, 0.6) is 11.5 Å². The lowest BCUT2D eigenvalue weighted by Gasteiger charge is -2.29. The summed E-state index contributed by atoms with van der Waals surface area (Å²) in [4.78, 5) is 10.1. The van der Waals surface area contributed by atoms with Crippen LogP contribution in [0.3, 0.4) is 0 Å². The number of aromatic nitrogens is 3. The number of pyridine rings is 1. The van der Waals surface area contributed by atoms with Gasteiger partial charge in [0.1, 0.15) is 17.3 Å². The lowest BCUT2D eigenvalue weighted by molar-refractivity contribution is 0.480. The highest BCUT2D eigenvalue weighted by atomic mass is 16.5. The van der Waals surface area contributed by atoms with Gasteiger partial charge in [0.15, 0.2) is 0 Å². The summed E-state index contributed by atoms with van der Waals surface area (Å²) in [5, 5.41) is 4.70. The number of para-hydroxylation sites is 5. The van der Waals surface area contributed by atoms with Gasteiger partial charge in [0.2, 0.25) is 0 Å². The van der Waals surface area contributed by atoms with E-state index in [-0.39, 0.29) is 5.41 Å². The Labute approximate surface area is 420 Å². The van der Waals surface area contributed by atoms with Crippen molar-refractivity contribution in [3.05, 3.63) is 241 Å². The van der Waals surface area contributed by atoms with Crippen molar-refractivity contribution in [2.75, 3.05) is 23.5 Å². The second-order valence-corrected chi connectivity index (χ2v) is 19.8. The van der Waals surface area contributed by atoms with E-state index in [2.05, 4.69) is 272 Å². The SMILES string of the molecule is Cc1cnc(-n2c3ccccc3c3ccc(Oc4cc(N5CN(C)c6ccccc65)cc(C(C)(C)c5ccccc5)c4)cc32)c(C)c1-n1c2c(-c3ccccc3)cccc2c2cccc(-c3ccccc3)c21. The third kappa shape index (κ3) is 6.89. The van der Waals surface area contributed by atoms with E-state index < -0.39 is 0 Å². The summed E-state index contributed by atoms with van der Waals surface area (Å²) in [6.45, 7) is 9.78. The van der Waals surface area contributed by atoms with E-state index in [0.29, 0.717) is 0 Å². The van der Waals surface area contributed by atoms with Crippen LogP contribution >= 0.6 is 0 Å². The number of nitrogens with zero attached hydrogens (tertiary/aromatic N) is 5. The summed E-state index contributed by atoms with van der Waals surface area (Å²) in [6.07, 6.45) is 2.06. The van der Waals surface area contributed by atoms with Gasteiger partial charge in [-0.2, -0.15) is 0 Å². The second-order valence-electron chi connectivity index (χ2n) is 19.8. The molecule has 9 aromatic carbocycles. The molecule has 0 saturated carbocycles. The summed E-state index contributed by atoms with van der Waals surface area (Å²) in [7, 11) is 2.16. The van der Waals surface area contributed by atoms with Gasteiger partial charge in [0.05, 0.1) is 45.8 Å². The molecule has 4 heterocycles. The van der Waals surface area contributed by atoms with Gasteiger partial charge < -0.3 is 19.1 Å². The first-order chi connectivity index (χ1) is 35.2. The third-order valence-electron chi connectivity index (χ3n) is 15.1. The Morgan fingerprint density at radius 2 is 1.07 bits per heavy atom. The molecular weight excluding hydrogens is 879 g/mol. The molecule has 6 nitrogen and oxygen atoms in total. The molecule has 0 spiro atoms. The number of hydrogen-bond donors (Lipinski definition) is 0.